The molecular weight excluding hydrogens is 352 g/mol. The van der Waals surface area contributed by atoms with Gasteiger partial charge in [-0.1, -0.05) is 6.07 Å². The lowest BCUT2D eigenvalue weighted by atomic mass is 9.77. The van der Waals surface area contributed by atoms with Crippen molar-refractivity contribution < 1.29 is 4.79 Å². The summed E-state index contributed by atoms with van der Waals surface area (Å²) in [6.45, 7) is 3.55. The van der Waals surface area contributed by atoms with E-state index in [2.05, 4.69) is 15.0 Å². The minimum atomic E-state index is -0.0730. The minimum absolute atomic E-state index is 0.0730. The van der Waals surface area contributed by atoms with Gasteiger partial charge in [-0.2, -0.15) is 0 Å². The molecule has 1 fully saturated rings. The zero-order chi connectivity index (χ0) is 19.3. The number of anilines is 1. The molecule has 28 heavy (non-hydrogen) atoms. The van der Waals surface area contributed by atoms with E-state index in [1.54, 1.807) is 0 Å². The summed E-state index contributed by atoms with van der Waals surface area (Å²) < 4.78 is 2.02. The van der Waals surface area contributed by atoms with Crippen molar-refractivity contribution in [2.24, 2.45) is 0 Å². The third kappa shape index (κ3) is 2.65. The molecule has 1 amide bonds. The Bertz CT molecular complexity index is 1070. The second-order valence-electron chi connectivity index (χ2n) is 8.11. The first-order valence-corrected chi connectivity index (χ1v) is 9.87. The number of aryl methyl sites for hydroxylation is 2. The molecule has 4 heterocycles. The summed E-state index contributed by atoms with van der Waals surface area (Å²) in [5.74, 6) is 0.474. The third-order valence-electron chi connectivity index (χ3n) is 6.33. The van der Waals surface area contributed by atoms with Gasteiger partial charge < -0.3 is 15.0 Å². The van der Waals surface area contributed by atoms with Crippen LogP contribution < -0.4 is 5.73 Å². The summed E-state index contributed by atoms with van der Waals surface area (Å²) in [6.07, 6.45) is 10.0. The molecule has 3 aromatic rings. The van der Waals surface area contributed by atoms with E-state index in [0.717, 1.165) is 54.8 Å². The number of carbonyl (C=O) groups excluding carboxylic acids is 1. The summed E-state index contributed by atoms with van der Waals surface area (Å²) in [4.78, 5) is 28.3. The highest BCUT2D eigenvalue weighted by atomic mass is 16.2. The topological polar surface area (TPSA) is 89.4 Å². The first-order valence-electron chi connectivity index (χ1n) is 9.87. The van der Waals surface area contributed by atoms with Gasteiger partial charge in [0, 0.05) is 37.1 Å². The molecule has 1 unspecified atom stereocenters. The van der Waals surface area contributed by atoms with Crippen LogP contribution in [0.4, 0.5) is 5.95 Å². The second-order valence-corrected chi connectivity index (χ2v) is 8.11. The highest BCUT2D eigenvalue weighted by Gasteiger charge is 2.44. The maximum Gasteiger partial charge on any atom is 0.228 e. The number of pyridine rings is 1. The number of aromatic nitrogens is 4. The van der Waals surface area contributed by atoms with Crippen LogP contribution in [0.3, 0.4) is 0 Å². The molecule has 5 rings (SSSR count). The fourth-order valence-corrected chi connectivity index (χ4v) is 4.90. The summed E-state index contributed by atoms with van der Waals surface area (Å²) in [7, 11) is 0. The Labute approximate surface area is 163 Å². The molecule has 7 nitrogen and oxygen atoms in total. The minimum Gasteiger partial charge on any atom is -0.368 e. The molecule has 3 aromatic heterocycles. The standard InChI is InChI=1S/C21H24N6O/c1-14-4-2-9-27-16(12-23-19(14)27)10-17(28)26-8-3-6-21(13-26)7-5-15-11-24-20(22)25-18(15)21/h2,4,9,11-12H,3,5-8,10,13H2,1H3,(H2,22,24,25). The number of carbonyl (C=O) groups is 1. The molecule has 2 N–H and O–H groups in total. The first kappa shape index (κ1) is 17.2. The van der Waals surface area contributed by atoms with Gasteiger partial charge in [-0.3, -0.25) is 4.79 Å². The van der Waals surface area contributed by atoms with Crippen LogP contribution in [0.5, 0.6) is 0 Å². The predicted molar refractivity (Wildman–Crippen MR) is 106 cm³/mol. The monoisotopic (exact) mass is 376 g/mol. The molecule has 0 aromatic carbocycles. The fraction of sp³-hybridized carbons (Fsp3) is 0.429. The van der Waals surface area contributed by atoms with Gasteiger partial charge in [-0.15, -0.1) is 0 Å². The molecule has 7 heteroatoms. The number of nitrogens with two attached hydrogens (primary N) is 1. The van der Waals surface area contributed by atoms with Crippen LogP contribution in [0, 0.1) is 6.92 Å². The maximum atomic E-state index is 13.1. The Kier molecular flexibility index (Phi) is 3.86. The van der Waals surface area contributed by atoms with Crippen LogP contribution in [-0.4, -0.2) is 43.2 Å². The highest BCUT2D eigenvalue weighted by Crippen LogP contribution is 2.44. The van der Waals surface area contributed by atoms with Gasteiger partial charge in [0.15, 0.2) is 0 Å². The van der Waals surface area contributed by atoms with Gasteiger partial charge in [0.2, 0.25) is 11.9 Å². The Morgan fingerprint density at radius 1 is 1.29 bits per heavy atom. The average molecular weight is 376 g/mol. The third-order valence-corrected chi connectivity index (χ3v) is 6.33. The number of likely N-dealkylation sites (tertiary alicyclic amines) is 1. The number of rotatable bonds is 2. The molecule has 2 aliphatic rings. The van der Waals surface area contributed by atoms with Gasteiger partial charge in [-0.25, -0.2) is 15.0 Å². The van der Waals surface area contributed by atoms with E-state index in [0.29, 0.717) is 18.9 Å². The van der Waals surface area contributed by atoms with Crippen molar-refractivity contribution in [1.29, 1.82) is 0 Å². The van der Waals surface area contributed by atoms with Gasteiger partial charge in [0.25, 0.3) is 0 Å². The van der Waals surface area contributed by atoms with Crippen molar-refractivity contribution in [2.45, 2.75) is 44.4 Å². The number of piperidine rings is 1. The second kappa shape index (κ2) is 6.29. The largest absolute Gasteiger partial charge is 0.368 e. The Morgan fingerprint density at radius 2 is 2.18 bits per heavy atom. The molecule has 0 bridgehead atoms. The zero-order valence-corrected chi connectivity index (χ0v) is 16.1. The van der Waals surface area contributed by atoms with Crippen molar-refractivity contribution in [3.63, 3.8) is 0 Å². The normalized spacial score (nSPS) is 21.4. The van der Waals surface area contributed by atoms with E-state index >= 15 is 0 Å². The Hall–Kier alpha value is -2.96. The molecular formula is C21H24N6O. The molecule has 0 saturated carbocycles. The summed E-state index contributed by atoms with van der Waals surface area (Å²) in [6, 6.07) is 4.03. The smallest absolute Gasteiger partial charge is 0.228 e. The van der Waals surface area contributed by atoms with Crippen molar-refractivity contribution in [1.82, 2.24) is 24.3 Å². The van der Waals surface area contributed by atoms with Crippen molar-refractivity contribution >= 4 is 17.5 Å². The number of nitrogen functional groups attached to an aromatic ring is 1. The first-order chi connectivity index (χ1) is 13.6. The van der Waals surface area contributed by atoms with E-state index < -0.39 is 0 Å². The molecule has 144 valence electrons. The maximum absolute atomic E-state index is 13.1. The lowest BCUT2D eigenvalue weighted by molar-refractivity contribution is -0.132. The predicted octanol–water partition coefficient (Wildman–Crippen LogP) is 2.06. The van der Waals surface area contributed by atoms with Crippen LogP contribution in [0.1, 0.15) is 41.8 Å². The van der Waals surface area contributed by atoms with Gasteiger partial charge in [0.1, 0.15) is 5.65 Å². The average Bonchev–Trinajstić information content (AvgIpc) is 3.25. The highest BCUT2D eigenvalue weighted by molar-refractivity contribution is 5.79. The van der Waals surface area contributed by atoms with Crippen LogP contribution in [0.25, 0.3) is 5.65 Å². The number of amides is 1. The quantitative estimate of drug-likeness (QED) is 0.739. The Morgan fingerprint density at radius 3 is 3.07 bits per heavy atom. The van der Waals surface area contributed by atoms with E-state index in [4.69, 9.17) is 5.73 Å². The van der Waals surface area contributed by atoms with Crippen LogP contribution in [0.2, 0.25) is 0 Å². The Balaban J connectivity index is 1.39. The van der Waals surface area contributed by atoms with Gasteiger partial charge >= 0.3 is 0 Å². The number of imidazole rings is 1. The molecule has 1 aliphatic heterocycles. The van der Waals surface area contributed by atoms with E-state index in [1.165, 1.54) is 5.56 Å². The van der Waals surface area contributed by atoms with Crippen molar-refractivity contribution in [3.05, 3.63) is 53.2 Å². The summed E-state index contributed by atoms with van der Waals surface area (Å²) in [5.41, 5.74) is 11.0. The van der Waals surface area contributed by atoms with Crippen LogP contribution >= 0.6 is 0 Å². The number of hydrogen-bond donors (Lipinski definition) is 1. The van der Waals surface area contributed by atoms with Crippen molar-refractivity contribution in [3.8, 4) is 0 Å². The SMILES string of the molecule is Cc1cccn2c(CC(=O)N3CCCC4(CCc5cnc(N)nc54)C3)cnc12. The van der Waals surface area contributed by atoms with E-state index in [-0.39, 0.29) is 11.3 Å². The molecule has 1 aliphatic carbocycles. The van der Waals surface area contributed by atoms with Crippen LogP contribution in [0.15, 0.2) is 30.7 Å². The number of nitrogens with zero attached hydrogens (tertiary/aromatic N) is 5. The molecule has 0 radical (unpaired) electrons. The lowest BCUT2D eigenvalue weighted by Crippen LogP contribution is -2.48. The molecule has 1 saturated heterocycles. The molecule has 1 atom stereocenters. The van der Waals surface area contributed by atoms with Gasteiger partial charge in [-0.05, 0) is 49.8 Å². The summed E-state index contributed by atoms with van der Waals surface area (Å²) >= 11 is 0. The fourth-order valence-electron chi connectivity index (χ4n) is 4.90. The van der Waals surface area contributed by atoms with E-state index in [9.17, 15) is 4.79 Å². The summed E-state index contributed by atoms with van der Waals surface area (Å²) in [5, 5.41) is 0. The van der Waals surface area contributed by atoms with E-state index in [1.807, 2.05) is 46.9 Å². The zero-order valence-electron chi connectivity index (χ0n) is 16.1. The van der Waals surface area contributed by atoms with Gasteiger partial charge in [0.05, 0.1) is 17.8 Å². The number of fused-ring (bicyclic) bond motifs is 3. The number of hydrogen-bond acceptors (Lipinski definition) is 5. The molecule has 1 spiro atoms. The lowest BCUT2D eigenvalue weighted by Gasteiger charge is -2.40. The van der Waals surface area contributed by atoms with Crippen molar-refractivity contribution in [2.75, 3.05) is 18.8 Å². The van der Waals surface area contributed by atoms with Crippen LogP contribution in [-0.2, 0) is 23.1 Å².